The van der Waals surface area contributed by atoms with E-state index >= 15 is 0 Å². The Labute approximate surface area is 195 Å². The van der Waals surface area contributed by atoms with Crippen LogP contribution in [0.3, 0.4) is 0 Å². The van der Waals surface area contributed by atoms with Crippen molar-refractivity contribution in [2.24, 2.45) is 5.92 Å². The molecule has 0 unspecified atom stereocenters. The van der Waals surface area contributed by atoms with Gasteiger partial charge in [-0.3, -0.25) is 9.59 Å². The van der Waals surface area contributed by atoms with Gasteiger partial charge in [-0.25, -0.2) is 4.39 Å². The third kappa shape index (κ3) is 7.56. The van der Waals surface area contributed by atoms with Gasteiger partial charge >= 0.3 is 0 Å². The van der Waals surface area contributed by atoms with Crippen molar-refractivity contribution in [2.45, 2.75) is 39.3 Å². The first-order chi connectivity index (χ1) is 15.9. The van der Waals surface area contributed by atoms with Crippen molar-refractivity contribution in [3.05, 3.63) is 107 Å². The van der Waals surface area contributed by atoms with Crippen LogP contribution in [0.25, 0.3) is 0 Å². The van der Waals surface area contributed by atoms with Gasteiger partial charge in [-0.05, 0) is 34.7 Å². The smallest absolute Gasteiger partial charge is 0.243 e. The van der Waals surface area contributed by atoms with Gasteiger partial charge in [0.25, 0.3) is 0 Å². The number of hydrogen-bond acceptors (Lipinski definition) is 2. The summed E-state index contributed by atoms with van der Waals surface area (Å²) in [5.41, 5.74) is 2.62. The maximum absolute atomic E-state index is 13.5. The molecule has 172 valence electrons. The summed E-state index contributed by atoms with van der Waals surface area (Å²) in [5.74, 6) is -0.379. The van der Waals surface area contributed by atoms with E-state index < -0.39 is 6.04 Å². The molecular weight excluding hydrogens is 415 g/mol. The molecule has 3 aromatic carbocycles. The Balaban J connectivity index is 1.93. The fourth-order valence-corrected chi connectivity index (χ4v) is 3.64. The fourth-order valence-electron chi connectivity index (χ4n) is 3.64. The summed E-state index contributed by atoms with van der Waals surface area (Å²) in [6, 6.07) is 24.6. The van der Waals surface area contributed by atoms with E-state index in [1.54, 1.807) is 17.0 Å². The fraction of sp³-hybridized carbons (Fsp3) is 0.286. The van der Waals surface area contributed by atoms with Crippen LogP contribution in [0, 0.1) is 11.7 Å². The lowest BCUT2D eigenvalue weighted by atomic mass is 10.0. The zero-order valence-corrected chi connectivity index (χ0v) is 19.2. The van der Waals surface area contributed by atoms with Crippen molar-refractivity contribution in [2.75, 3.05) is 6.54 Å². The number of nitrogens with zero attached hydrogens (tertiary/aromatic N) is 1. The lowest BCUT2D eigenvalue weighted by molar-refractivity contribution is -0.140. The number of halogens is 1. The molecule has 0 aromatic heterocycles. The van der Waals surface area contributed by atoms with Crippen molar-refractivity contribution < 1.29 is 14.0 Å². The van der Waals surface area contributed by atoms with E-state index in [2.05, 4.69) is 5.32 Å². The molecular formula is C28H31FN2O2. The predicted octanol–water partition coefficient (Wildman–Crippen LogP) is 4.78. The summed E-state index contributed by atoms with van der Waals surface area (Å²) in [4.78, 5) is 28.5. The summed E-state index contributed by atoms with van der Waals surface area (Å²) < 4.78 is 13.5. The van der Waals surface area contributed by atoms with Gasteiger partial charge in [0.1, 0.15) is 11.9 Å². The Morgan fingerprint density at radius 2 is 1.39 bits per heavy atom. The molecule has 5 heteroatoms. The Hall–Kier alpha value is -3.47. The lowest BCUT2D eigenvalue weighted by Crippen LogP contribution is -2.51. The highest BCUT2D eigenvalue weighted by atomic mass is 19.1. The molecule has 3 aromatic rings. The number of carbonyl (C=O) groups excluding carboxylic acids is 2. The van der Waals surface area contributed by atoms with Crippen molar-refractivity contribution in [1.29, 1.82) is 0 Å². The maximum atomic E-state index is 13.5. The third-order valence-electron chi connectivity index (χ3n) is 5.42. The zero-order chi connectivity index (χ0) is 23.6. The first-order valence-electron chi connectivity index (χ1n) is 11.3. The number of rotatable bonds is 10. The molecule has 0 spiro atoms. The summed E-state index contributed by atoms with van der Waals surface area (Å²) in [5, 5.41) is 3.00. The second-order valence-corrected chi connectivity index (χ2v) is 8.66. The molecule has 0 saturated heterocycles. The number of benzene rings is 3. The number of carbonyl (C=O) groups is 2. The Bertz CT molecular complexity index is 1020. The van der Waals surface area contributed by atoms with Gasteiger partial charge in [-0.1, -0.05) is 86.6 Å². The average Bonchev–Trinajstić information content (AvgIpc) is 2.82. The molecule has 1 atom stereocenters. The molecule has 0 saturated carbocycles. The van der Waals surface area contributed by atoms with E-state index in [4.69, 9.17) is 0 Å². The lowest BCUT2D eigenvalue weighted by Gasteiger charge is -2.32. The van der Waals surface area contributed by atoms with E-state index in [-0.39, 0.29) is 36.5 Å². The number of amides is 2. The minimum absolute atomic E-state index is 0.147. The summed E-state index contributed by atoms with van der Waals surface area (Å²) in [7, 11) is 0. The normalized spacial score (nSPS) is 11.8. The van der Waals surface area contributed by atoms with E-state index in [0.717, 1.165) is 16.7 Å². The monoisotopic (exact) mass is 446 g/mol. The van der Waals surface area contributed by atoms with Crippen LogP contribution in [0.15, 0.2) is 84.9 Å². The highest BCUT2D eigenvalue weighted by Gasteiger charge is 2.30. The number of nitrogens with one attached hydrogen (secondary N) is 1. The molecule has 1 N–H and O–H groups in total. The van der Waals surface area contributed by atoms with Gasteiger partial charge in [-0.2, -0.15) is 0 Å². The van der Waals surface area contributed by atoms with Crippen molar-refractivity contribution >= 4 is 11.8 Å². The first kappa shape index (κ1) is 24.2. The summed E-state index contributed by atoms with van der Waals surface area (Å²) in [6.45, 7) is 4.81. The highest BCUT2D eigenvalue weighted by Crippen LogP contribution is 2.17. The summed E-state index contributed by atoms with van der Waals surface area (Å²) >= 11 is 0. The van der Waals surface area contributed by atoms with Crippen LogP contribution in [0.2, 0.25) is 0 Å². The average molecular weight is 447 g/mol. The topological polar surface area (TPSA) is 49.4 Å². The third-order valence-corrected chi connectivity index (χ3v) is 5.42. The summed E-state index contributed by atoms with van der Waals surface area (Å²) in [6.07, 6.45) is 0.581. The highest BCUT2D eigenvalue weighted by molar-refractivity contribution is 5.88. The Kier molecular flexibility index (Phi) is 8.76. The molecule has 0 aliphatic heterocycles. The standard InChI is InChI=1S/C28H31FN2O2/c1-21(2)19-30-28(33)26(17-22-9-5-3-6-10-22)31(20-24-13-15-25(29)16-14-24)27(32)18-23-11-7-4-8-12-23/h3-16,21,26H,17-20H2,1-2H3,(H,30,33)/t26-/m1/s1. The van der Waals surface area contributed by atoms with E-state index in [1.807, 2.05) is 74.5 Å². The minimum atomic E-state index is -0.688. The van der Waals surface area contributed by atoms with Crippen LogP contribution in [-0.4, -0.2) is 29.3 Å². The molecule has 3 rings (SSSR count). The van der Waals surface area contributed by atoms with Gasteiger partial charge in [0, 0.05) is 19.5 Å². The molecule has 2 amide bonds. The minimum Gasteiger partial charge on any atom is -0.354 e. The number of hydrogen-bond donors (Lipinski definition) is 1. The van der Waals surface area contributed by atoms with Crippen LogP contribution in [0.1, 0.15) is 30.5 Å². The van der Waals surface area contributed by atoms with Gasteiger partial charge in [0.2, 0.25) is 11.8 Å². The zero-order valence-electron chi connectivity index (χ0n) is 19.2. The van der Waals surface area contributed by atoms with E-state index in [0.29, 0.717) is 13.0 Å². The van der Waals surface area contributed by atoms with Crippen molar-refractivity contribution in [1.82, 2.24) is 10.2 Å². The molecule has 0 heterocycles. The second kappa shape index (κ2) is 12.0. The molecule has 0 fully saturated rings. The second-order valence-electron chi connectivity index (χ2n) is 8.66. The van der Waals surface area contributed by atoms with E-state index in [1.165, 1.54) is 12.1 Å². The Morgan fingerprint density at radius 1 is 0.818 bits per heavy atom. The van der Waals surface area contributed by atoms with Crippen LogP contribution >= 0.6 is 0 Å². The predicted molar refractivity (Wildman–Crippen MR) is 129 cm³/mol. The van der Waals surface area contributed by atoms with Crippen LogP contribution in [-0.2, 0) is 29.0 Å². The van der Waals surface area contributed by atoms with Crippen LogP contribution in [0.4, 0.5) is 4.39 Å². The van der Waals surface area contributed by atoms with Gasteiger partial charge in [0.15, 0.2) is 0 Å². The molecule has 0 radical (unpaired) electrons. The SMILES string of the molecule is CC(C)CNC(=O)[C@@H](Cc1ccccc1)N(Cc1ccc(F)cc1)C(=O)Cc1ccccc1. The van der Waals surface area contributed by atoms with E-state index in [9.17, 15) is 14.0 Å². The first-order valence-corrected chi connectivity index (χ1v) is 11.3. The molecule has 4 nitrogen and oxygen atoms in total. The quantitative estimate of drug-likeness (QED) is 0.487. The van der Waals surface area contributed by atoms with Crippen molar-refractivity contribution in [3.8, 4) is 0 Å². The Morgan fingerprint density at radius 3 is 1.97 bits per heavy atom. The molecule has 33 heavy (non-hydrogen) atoms. The van der Waals surface area contributed by atoms with Crippen LogP contribution in [0.5, 0.6) is 0 Å². The molecule has 0 aliphatic carbocycles. The molecule has 0 aliphatic rings. The van der Waals surface area contributed by atoms with Gasteiger partial charge in [0.05, 0.1) is 6.42 Å². The maximum Gasteiger partial charge on any atom is 0.243 e. The molecule has 0 bridgehead atoms. The van der Waals surface area contributed by atoms with Crippen LogP contribution < -0.4 is 5.32 Å². The van der Waals surface area contributed by atoms with Gasteiger partial charge < -0.3 is 10.2 Å². The van der Waals surface area contributed by atoms with Gasteiger partial charge in [-0.15, -0.1) is 0 Å². The largest absolute Gasteiger partial charge is 0.354 e. The van der Waals surface area contributed by atoms with Crippen molar-refractivity contribution in [3.63, 3.8) is 0 Å².